The second-order valence-electron chi connectivity index (χ2n) is 4.95. The maximum atomic E-state index is 12.4. The van der Waals surface area contributed by atoms with E-state index in [1.807, 2.05) is 0 Å². The Kier molecular flexibility index (Phi) is 4.94. The summed E-state index contributed by atoms with van der Waals surface area (Å²) in [5, 5.41) is 10.7. The molecule has 130 valence electrons. The number of primary sulfonamides is 1. The molecule has 0 aliphatic heterocycles. The van der Waals surface area contributed by atoms with Gasteiger partial charge in [-0.15, -0.1) is 0 Å². The Morgan fingerprint density at radius 3 is 2.33 bits per heavy atom. The van der Waals surface area contributed by atoms with Gasteiger partial charge in [0.1, 0.15) is 6.54 Å². The number of anilines is 1. The van der Waals surface area contributed by atoms with Crippen LogP contribution in [-0.2, 0) is 33.3 Å². The van der Waals surface area contributed by atoms with E-state index in [4.69, 9.17) is 5.14 Å². The Labute approximate surface area is 135 Å². The molecule has 1 aromatic heterocycles. The summed E-state index contributed by atoms with van der Waals surface area (Å²) in [5.74, 6) is -0.916. The number of alkyl halides is 3. The first-order valence-electron chi connectivity index (χ1n) is 6.53. The topological polar surface area (TPSA) is 107 Å². The summed E-state index contributed by atoms with van der Waals surface area (Å²) in [5.41, 5.74) is -0.276. The zero-order valence-corrected chi connectivity index (χ0v) is 12.9. The molecular formula is C13H13F3N4O3S. The van der Waals surface area contributed by atoms with Gasteiger partial charge >= 0.3 is 6.18 Å². The number of amides is 1. The van der Waals surface area contributed by atoms with Crippen LogP contribution in [0.25, 0.3) is 0 Å². The Morgan fingerprint density at radius 1 is 1.21 bits per heavy atom. The SMILES string of the molecule is NS(=O)(=O)Cc1ccc(NC(=O)Cn2ccc(C(F)(F)F)n2)cc1. The molecule has 0 aliphatic carbocycles. The van der Waals surface area contributed by atoms with Gasteiger partial charge in [-0.25, -0.2) is 13.6 Å². The van der Waals surface area contributed by atoms with Gasteiger partial charge in [-0.1, -0.05) is 12.1 Å². The van der Waals surface area contributed by atoms with E-state index in [1.54, 1.807) is 0 Å². The highest BCUT2D eigenvalue weighted by Crippen LogP contribution is 2.27. The summed E-state index contributed by atoms with van der Waals surface area (Å²) >= 11 is 0. The first-order chi connectivity index (χ1) is 11.0. The number of halogens is 3. The van der Waals surface area contributed by atoms with Crippen molar-refractivity contribution >= 4 is 21.6 Å². The summed E-state index contributed by atoms with van der Waals surface area (Å²) in [6, 6.07) is 6.63. The van der Waals surface area contributed by atoms with Crippen LogP contribution in [0.5, 0.6) is 0 Å². The van der Waals surface area contributed by atoms with Crippen LogP contribution in [0.3, 0.4) is 0 Å². The van der Waals surface area contributed by atoms with E-state index >= 15 is 0 Å². The average Bonchev–Trinajstić information content (AvgIpc) is 2.87. The first kappa shape index (κ1) is 17.9. The Morgan fingerprint density at radius 2 is 1.83 bits per heavy atom. The van der Waals surface area contributed by atoms with E-state index in [0.29, 0.717) is 11.3 Å². The monoisotopic (exact) mass is 362 g/mol. The molecule has 0 aliphatic rings. The van der Waals surface area contributed by atoms with Crippen molar-refractivity contribution in [1.82, 2.24) is 9.78 Å². The van der Waals surface area contributed by atoms with E-state index in [9.17, 15) is 26.4 Å². The second kappa shape index (κ2) is 6.61. The molecule has 2 rings (SSSR count). The number of nitrogens with two attached hydrogens (primary N) is 1. The van der Waals surface area contributed by atoms with Crippen molar-refractivity contribution in [2.75, 3.05) is 5.32 Å². The van der Waals surface area contributed by atoms with Crippen LogP contribution < -0.4 is 10.5 Å². The molecule has 1 aromatic carbocycles. The first-order valence-corrected chi connectivity index (χ1v) is 8.24. The minimum atomic E-state index is -4.57. The van der Waals surface area contributed by atoms with Gasteiger partial charge in [-0.2, -0.15) is 18.3 Å². The number of carbonyl (C=O) groups is 1. The van der Waals surface area contributed by atoms with E-state index < -0.39 is 34.3 Å². The highest BCUT2D eigenvalue weighted by molar-refractivity contribution is 7.88. The fourth-order valence-corrected chi connectivity index (χ4v) is 2.52. The summed E-state index contributed by atoms with van der Waals surface area (Å²) in [4.78, 5) is 11.8. The summed E-state index contributed by atoms with van der Waals surface area (Å²) < 4.78 is 60.0. The second-order valence-corrected chi connectivity index (χ2v) is 6.56. The van der Waals surface area contributed by atoms with E-state index in [0.717, 1.165) is 16.9 Å². The molecule has 0 fully saturated rings. The Bertz CT molecular complexity index is 829. The zero-order chi connectivity index (χ0) is 18.0. The summed E-state index contributed by atoms with van der Waals surface area (Å²) in [7, 11) is -3.65. The average molecular weight is 362 g/mol. The van der Waals surface area contributed by atoms with Gasteiger partial charge < -0.3 is 5.32 Å². The molecule has 0 saturated carbocycles. The summed E-state index contributed by atoms with van der Waals surface area (Å²) in [6.45, 7) is -0.394. The van der Waals surface area contributed by atoms with E-state index in [2.05, 4.69) is 10.4 Å². The lowest BCUT2D eigenvalue weighted by Crippen LogP contribution is -2.20. The Hall–Kier alpha value is -2.40. The molecule has 2 aromatic rings. The van der Waals surface area contributed by atoms with Crippen LogP contribution in [0.15, 0.2) is 36.5 Å². The predicted octanol–water partition coefficient (Wildman–Crippen LogP) is 1.33. The van der Waals surface area contributed by atoms with Crippen LogP contribution in [0, 0.1) is 0 Å². The van der Waals surface area contributed by atoms with Crippen molar-refractivity contribution in [3.63, 3.8) is 0 Å². The molecule has 24 heavy (non-hydrogen) atoms. The van der Waals surface area contributed by atoms with Crippen LogP contribution in [0.4, 0.5) is 18.9 Å². The normalized spacial score (nSPS) is 12.2. The number of nitrogens with one attached hydrogen (secondary N) is 1. The van der Waals surface area contributed by atoms with Gasteiger partial charge in [0, 0.05) is 11.9 Å². The molecule has 7 nitrogen and oxygen atoms in total. The smallest absolute Gasteiger partial charge is 0.324 e. The van der Waals surface area contributed by atoms with Crippen molar-refractivity contribution in [2.45, 2.75) is 18.5 Å². The van der Waals surface area contributed by atoms with E-state index in [1.165, 1.54) is 24.3 Å². The van der Waals surface area contributed by atoms with Gasteiger partial charge in [0.25, 0.3) is 0 Å². The molecule has 0 bridgehead atoms. The fraction of sp³-hybridized carbons (Fsp3) is 0.231. The largest absolute Gasteiger partial charge is 0.435 e. The molecule has 0 saturated heterocycles. The molecule has 1 heterocycles. The van der Waals surface area contributed by atoms with Crippen LogP contribution in [0.1, 0.15) is 11.3 Å². The Balaban J connectivity index is 1.96. The van der Waals surface area contributed by atoms with Crippen molar-refractivity contribution in [3.8, 4) is 0 Å². The standard InChI is InChI=1S/C13H13F3N4O3S/c14-13(15,16)11-5-6-20(19-11)7-12(21)18-10-3-1-9(2-4-10)8-24(17,22)23/h1-6H,7-8H2,(H,18,21)(H2,17,22,23). The number of hydrogen-bond acceptors (Lipinski definition) is 4. The highest BCUT2D eigenvalue weighted by Gasteiger charge is 2.33. The van der Waals surface area contributed by atoms with Crippen molar-refractivity contribution < 1.29 is 26.4 Å². The van der Waals surface area contributed by atoms with Crippen molar-refractivity contribution in [1.29, 1.82) is 0 Å². The molecule has 0 unspecified atom stereocenters. The number of sulfonamides is 1. The number of nitrogens with zero attached hydrogens (tertiary/aromatic N) is 2. The van der Waals surface area contributed by atoms with Gasteiger partial charge in [0.2, 0.25) is 15.9 Å². The minimum absolute atomic E-state index is 0.339. The lowest BCUT2D eigenvalue weighted by molar-refractivity contribution is -0.141. The number of benzene rings is 1. The van der Waals surface area contributed by atoms with Crippen molar-refractivity contribution in [2.24, 2.45) is 5.14 Å². The zero-order valence-electron chi connectivity index (χ0n) is 12.1. The number of carbonyl (C=O) groups excluding carboxylic acids is 1. The molecule has 1 amide bonds. The van der Waals surface area contributed by atoms with Crippen LogP contribution >= 0.6 is 0 Å². The van der Waals surface area contributed by atoms with Gasteiger partial charge in [-0.05, 0) is 23.8 Å². The van der Waals surface area contributed by atoms with Gasteiger partial charge in [0.05, 0.1) is 5.75 Å². The van der Waals surface area contributed by atoms with Crippen LogP contribution in [-0.4, -0.2) is 24.1 Å². The number of aromatic nitrogens is 2. The molecule has 0 spiro atoms. The molecular weight excluding hydrogens is 349 g/mol. The molecule has 0 atom stereocenters. The summed E-state index contributed by atoms with van der Waals surface area (Å²) in [6.07, 6.45) is -3.52. The van der Waals surface area contributed by atoms with Gasteiger partial charge in [-0.3, -0.25) is 9.48 Å². The third-order valence-electron chi connectivity index (χ3n) is 2.84. The maximum absolute atomic E-state index is 12.4. The molecule has 3 N–H and O–H groups in total. The number of rotatable bonds is 5. The third kappa shape index (κ3) is 5.35. The van der Waals surface area contributed by atoms with Crippen LogP contribution in [0.2, 0.25) is 0 Å². The lowest BCUT2D eigenvalue weighted by atomic mass is 10.2. The fourth-order valence-electron chi connectivity index (χ4n) is 1.87. The maximum Gasteiger partial charge on any atom is 0.435 e. The lowest BCUT2D eigenvalue weighted by Gasteiger charge is -2.07. The van der Waals surface area contributed by atoms with Crippen molar-refractivity contribution in [3.05, 3.63) is 47.8 Å². The van der Waals surface area contributed by atoms with Gasteiger partial charge in [0.15, 0.2) is 5.69 Å². The quantitative estimate of drug-likeness (QED) is 0.837. The predicted molar refractivity (Wildman–Crippen MR) is 79.1 cm³/mol. The minimum Gasteiger partial charge on any atom is -0.324 e. The third-order valence-corrected chi connectivity index (χ3v) is 3.58. The number of hydrogen-bond donors (Lipinski definition) is 2. The van der Waals surface area contributed by atoms with E-state index in [-0.39, 0.29) is 5.75 Å². The molecule has 11 heteroatoms. The highest BCUT2D eigenvalue weighted by atomic mass is 32.2. The molecule has 0 radical (unpaired) electrons.